The van der Waals surface area contributed by atoms with Crippen molar-refractivity contribution in [2.24, 2.45) is 5.92 Å². The lowest BCUT2D eigenvalue weighted by molar-refractivity contribution is -0.127. The maximum absolute atomic E-state index is 12.1. The summed E-state index contributed by atoms with van der Waals surface area (Å²) in [5.41, 5.74) is 0. The van der Waals surface area contributed by atoms with Crippen LogP contribution in [0.2, 0.25) is 0 Å². The number of amides is 1. The van der Waals surface area contributed by atoms with E-state index in [1.807, 2.05) is 11.8 Å². The van der Waals surface area contributed by atoms with Gasteiger partial charge >= 0.3 is 0 Å². The second-order valence-electron chi connectivity index (χ2n) is 5.43. The van der Waals surface area contributed by atoms with Crippen molar-refractivity contribution >= 4 is 17.7 Å². The van der Waals surface area contributed by atoms with Crippen molar-refractivity contribution < 1.29 is 9.53 Å². The van der Waals surface area contributed by atoms with Crippen molar-refractivity contribution in [2.45, 2.75) is 43.4 Å². The summed E-state index contributed by atoms with van der Waals surface area (Å²) in [6, 6.07) is 0.608. The van der Waals surface area contributed by atoms with Crippen molar-refractivity contribution in [3.8, 4) is 0 Å². The molecule has 3 nitrogen and oxygen atoms in total. The lowest BCUT2D eigenvalue weighted by Crippen LogP contribution is -2.30. The quantitative estimate of drug-likeness (QED) is 0.768. The molecule has 0 aromatic heterocycles. The Morgan fingerprint density at radius 3 is 2.65 bits per heavy atom. The number of carbonyl (C=O) groups is 1. The molecule has 3 aliphatic rings. The first-order chi connectivity index (χ1) is 8.34. The fraction of sp³-hybridized carbons (Fsp3) is 0.923. The number of likely N-dealkylation sites (tertiary alicyclic amines) is 1. The van der Waals surface area contributed by atoms with Crippen molar-refractivity contribution in [2.75, 3.05) is 25.5 Å². The van der Waals surface area contributed by atoms with Gasteiger partial charge in [0.2, 0.25) is 5.91 Å². The summed E-state index contributed by atoms with van der Waals surface area (Å²) in [6.45, 7) is 2.84. The Bertz CT molecular complexity index is 287. The highest BCUT2D eigenvalue weighted by Crippen LogP contribution is 2.35. The molecule has 1 aliphatic carbocycles. The van der Waals surface area contributed by atoms with Gasteiger partial charge in [-0.1, -0.05) is 0 Å². The van der Waals surface area contributed by atoms with E-state index >= 15 is 0 Å². The summed E-state index contributed by atoms with van der Waals surface area (Å²) < 4.78 is 5.36. The van der Waals surface area contributed by atoms with E-state index in [1.165, 1.54) is 25.7 Å². The topological polar surface area (TPSA) is 29.5 Å². The molecule has 3 rings (SSSR count). The van der Waals surface area contributed by atoms with Crippen LogP contribution in [0.25, 0.3) is 0 Å². The molecule has 0 bridgehead atoms. The van der Waals surface area contributed by atoms with Crippen LogP contribution in [0.5, 0.6) is 0 Å². The molecule has 0 aromatic carbocycles. The third-order valence-corrected chi connectivity index (χ3v) is 5.56. The number of ether oxygens (including phenoxy) is 1. The van der Waals surface area contributed by atoms with Gasteiger partial charge in [-0.2, -0.15) is 0 Å². The van der Waals surface area contributed by atoms with Crippen LogP contribution < -0.4 is 0 Å². The zero-order chi connectivity index (χ0) is 11.7. The molecule has 2 saturated heterocycles. The van der Waals surface area contributed by atoms with E-state index in [-0.39, 0.29) is 5.25 Å². The SMILES string of the molecule is O=C1[C@@H](SCC2CCOCC2)CCN1C1CC1. The van der Waals surface area contributed by atoms with Gasteiger partial charge in [-0.3, -0.25) is 4.79 Å². The first-order valence-corrected chi connectivity index (χ1v) is 7.89. The average Bonchev–Trinajstić information content (AvgIpc) is 3.13. The first kappa shape index (κ1) is 11.8. The smallest absolute Gasteiger partial charge is 0.236 e. The molecule has 96 valence electrons. The Morgan fingerprint density at radius 2 is 1.94 bits per heavy atom. The molecule has 1 saturated carbocycles. The fourth-order valence-electron chi connectivity index (χ4n) is 2.74. The molecular weight excluding hydrogens is 234 g/mol. The molecule has 0 spiro atoms. The molecule has 0 N–H and O–H groups in total. The molecule has 4 heteroatoms. The molecule has 0 radical (unpaired) electrons. The van der Waals surface area contributed by atoms with E-state index < -0.39 is 0 Å². The third kappa shape index (κ3) is 2.79. The van der Waals surface area contributed by atoms with Gasteiger partial charge in [0.05, 0.1) is 5.25 Å². The van der Waals surface area contributed by atoms with E-state index in [9.17, 15) is 4.79 Å². The zero-order valence-electron chi connectivity index (χ0n) is 10.3. The Labute approximate surface area is 107 Å². The fourth-order valence-corrected chi connectivity index (χ4v) is 4.13. The van der Waals surface area contributed by atoms with Crippen LogP contribution in [0.15, 0.2) is 0 Å². The van der Waals surface area contributed by atoms with Gasteiger partial charge in [-0.15, -0.1) is 11.8 Å². The van der Waals surface area contributed by atoms with Gasteiger partial charge in [0.1, 0.15) is 0 Å². The van der Waals surface area contributed by atoms with E-state index in [4.69, 9.17) is 4.74 Å². The minimum absolute atomic E-state index is 0.262. The molecule has 2 heterocycles. The molecule has 17 heavy (non-hydrogen) atoms. The molecule has 2 aliphatic heterocycles. The van der Waals surface area contributed by atoms with E-state index in [0.29, 0.717) is 11.9 Å². The molecular formula is C13H21NO2S. The lowest BCUT2D eigenvalue weighted by Gasteiger charge is -2.22. The van der Waals surface area contributed by atoms with Gasteiger partial charge in [-0.05, 0) is 43.8 Å². The molecule has 3 fully saturated rings. The Morgan fingerprint density at radius 1 is 1.18 bits per heavy atom. The second kappa shape index (κ2) is 5.19. The normalized spacial score (nSPS) is 31.2. The predicted molar refractivity (Wildman–Crippen MR) is 69.1 cm³/mol. The molecule has 1 amide bonds. The largest absolute Gasteiger partial charge is 0.381 e. The summed E-state index contributed by atoms with van der Waals surface area (Å²) in [6.07, 6.45) is 5.91. The third-order valence-electron chi connectivity index (χ3n) is 4.05. The van der Waals surface area contributed by atoms with E-state index in [2.05, 4.69) is 4.90 Å². The Balaban J connectivity index is 1.44. The van der Waals surface area contributed by atoms with Crippen LogP contribution >= 0.6 is 11.8 Å². The number of nitrogens with zero attached hydrogens (tertiary/aromatic N) is 1. The van der Waals surface area contributed by atoms with Crippen molar-refractivity contribution in [3.63, 3.8) is 0 Å². The van der Waals surface area contributed by atoms with Crippen molar-refractivity contribution in [1.29, 1.82) is 0 Å². The van der Waals surface area contributed by atoms with Crippen LogP contribution in [0.1, 0.15) is 32.1 Å². The summed E-state index contributed by atoms with van der Waals surface area (Å²) in [5.74, 6) is 2.35. The predicted octanol–water partition coefficient (Wildman–Crippen LogP) is 1.91. The highest BCUT2D eigenvalue weighted by Gasteiger charge is 2.40. The van der Waals surface area contributed by atoms with E-state index in [0.717, 1.165) is 37.9 Å². The van der Waals surface area contributed by atoms with Crippen LogP contribution in [0.4, 0.5) is 0 Å². The number of hydrogen-bond donors (Lipinski definition) is 0. The van der Waals surface area contributed by atoms with Gasteiger partial charge in [0, 0.05) is 25.8 Å². The summed E-state index contributed by atoms with van der Waals surface area (Å²) >= 11 is 1.90. The molecule has 0 unspecified atom stereocenters. The van der Waals surface area contributed by atoms with Crippen LogP contribution in [-0.2, 0) is 9.53 Å². The molecule has 0 aromatic rings. The van der Waals surface area contributed by atoms with Gasteiger partial charge < -0.3 is 9.64 Å². The highest BCUT2D eigenvalue weighted by molar-refractivity contribution is 8.00. The highest BCUT2D eigenvalue weighted by atomic mass is 32.2. The molecule has 1 atom stereocenters. The van der Waals surface area contributed by atoms with Gasteiger partial charge in [0.15, 0.2) is 0 Å². The Kier molecular flexibility index (Phi) is 3.61. The lowest BCUT2D eigenvalue weighted by atomic mass is 10.0. The minimum Gasteiger partial charge on any atom is -0.381 e. The number of carbonyl (C=O) groups excluding carboxylic acids is 1. The maximum atomic E-state index is 12.1. The second-order valence-corrected chi connectivity index (χ2v) is 6.66. The minimum atomic E-state index is 0.262. The average molecular weight is 255 g/mol. The van der Waals surface area contributed by atoms with Crippen LogP contribution in [-0.4, -0.2) is 47.6 Å². The summed E-state index contributed by atoms with van der Waals surface area (Å²) in [4.78, 5) is 14.3. The van der Waals surface area contributed by atoms with Crippen LogP contribution in [0, 0.1) is 5.92 Å². The van der Waals surface area contributed by atoms with Crippen molar-refractivity contribution in [1.82, 2.24) is 4.90 Å². The van der Waals surface area contributed by atoms with Crippen LogP contribution in [0.3, 0.4) is 0 Å². The van der Waals surface area contributed by atoms with Gasteiger partial charge in [-0.25, -0.2) is 0 Å². The number of rotatable bonds is 4. The summed E-state index contributed by atoms with van der Waals surface area (Å²) in [7, 11) is 0. The standard InChI is InChI=1S/C13H21NO2S/c15-13-12(3-6-14(13)11-1-2-11)17-9-10-4-7-16-8-5-10/h10-12H,1-9H2/t12-/m0/s1. The number of thioether (sulfide) groups is 1. The van der Waals surface area contributed by atoms with Gasteiger partial charge in [0.25, 0.3) is 0 Å². The zero-order valence-corrected chi connectivity index (χ0v) is 11.1. The first-order valence-electron chi connectivity index (χ1n) is 6.84. The number of hydrogen-bond acceptors (Lipinski definition) is 3. The monoisotopic (exact) mass is 255 g/mol. The maximum Gasteiger partial charge on any atom is 0.236 e. The summed E-state index contributed by atoms with van der Waals surface area (Å²) in [5, 5.41) is 0.262. The van der Waals surface area contributed by atoms with E-state index in [1.54, 1.807) is 0 Å². The van der Waals surface area contributed by atoms with Crippen molar-refractivity contribution in [3.05, 3.63) is 0 Å². The Hall–Kier alpha value is -0.220.